The van der Waals surface area contributed by atoms with E-state index >= 15 is 0 Å². The van der Waals surface area contributed by atoms with Crippen LogP contribution < -0.4 is 20.9 Å². The van der Waals surface area contributed by atoms with E-state index < -0.39 is 69.8 Å². The third kappa shape index (κ3) is 2.89. The van der Waals surface area contributed by atoms with Crippen LogP contribution >= 0.6 is 0 Å². The Morgan fingerprint density at radius 2 is 0.794 bits per heavy atom. The standard InChI is InChI=1S/C18H12F10N2O4/c19-13(20)15(23,24)18(28,34-8-2-4-12(32)10(30)6-8)16(25,26)14(21,22)17(13,27)33-7-1-3-11(31)9(29)5-7/h1-6,31-32H,29-30H2. The molecule has 1 fully saturated rings. The molecule has 1 aliphatic carbocycles. The molecule has 1 aliphatic rings. The molecule has 0 amide bonds. The first-order valence-corrected chi connectivity index (χ1v) is 8.71. The lowest BCUT2D eigenvalue weighted by Crippen LogP contribution is -2.87. The van der Waals surface area contributed by atoms with Gasteiger partial charge in [-0.25, -0.2) is 0 Å². The van der Waals surface area contributed by atoms with Crippen LogP contribution in [0.2, 0.25) is 0 Å². The Bertz CT molecular complexity index is 1010. The molecule has 3 rings (SSSR count). The lowest BCUT2D eigenvalue weighted by atomic mass is 9.77. The Morgan fingerprint density at radius 3 is 1.03 bits per heavy atom. The number of halogens is 10. The number of hydrogen-bond acceptors (Lipinski definition) is 6. The highest BCUT2D eigenvalue weighted by atomic mass is 19.4. The van der Waals surface area contributed by atoms with Crippen molar-refractivity contribution in [2.45, 2.75) is 35.4 Å². The first kappa shape index (κ1) is 25.2. The van der Waals surface area contributed by atoms with E-state index in [0.717, 1.165) is 0 Å². The maximum atomic E-state index is 15.0. The molecule has 1 saturated carbocycles. The van der Waals surface area contributed by atoms with Gasteiger partial charge < -0.3 is 31.2 Å². The van der Waals surface area contributed by atoms with Crippen molar-refractivity contribution in [2.24, 2.45) is 0 Å². The highest BCUT2D eigenvalue weighted by Gasteiger charge is 3.03. The Kier molecular flexibility index (Phi) is 5.20. The maximum absolute atomic E-state index is 15.0. The van der Waals surface area contributed by atoms with E-state index in [-0.39, 0.29) is 24.3 Å². The minimum atomic E-state index is -7.02. The molecule has 0 aromatic heterocycles. The number of aromatic hydroxyl groups is 2. The molecule has 6 nitrogen and oxygen atoms in total. The molecule has 0 aliphatic heterocycles. The van der Waals surface area contributed by atoms with Gasteiger partial charge in [0.2, 0.25) is 0 Å². The van der Waals surface area contributed by atoms with Crippen molar-refractivity contribution in [3.8, 4) is 23.0 Å². The van der Waals surface area contributed by atoms with Crippen molar-refractivity contribution in [3.63, 3.8) is 0 Å². The predicted octanol–water partition coefficient (Wildman–Crippen LogP) is 4.61. The fourth-order valence-electron chi connectivity index (χ4n) is 2.98. The molecule has 0 saturated heterocycles. The number of hydrogen-bond donors (Lipinski definition) is 4. The van der Waals surface area contributed by atoms with E-state index in [0.29, 0.717) is 12.1 Å². The van der Waals surface area contributed by atoms with Gasteiger partial charge in [0.15, 0.2) is 0 Å². The van der Waals surface area contributed by atoms with E-state index in [1.54, 1.807) is 0 Å². The zero-order valence-electron chi connectivity index (χ0n) is 16.1. The molecule has 2 aromatic carbocycles. The van der Waals surface area contributed by atoms with Crippen molar-refractivity contribution >= 4 is 11.4 Å². The van der Waals surface area contributed by atoms with Crippen LogP contribution in [0.5, 0.6) is 23.0 Å². The zero-order valence-corrected chi connectivity index (χ0v) is 16.1. The molecule has 0 radical (unpaired) electrons. The summed E-state index contributed by atoms with van der Waals surface area (Å²) in [6.07, 6.45) is 0. The van der Waals surface area contributed by atoms with Gasteiger partial charge in [0, 0.05) is 12.1 Å². The summed E-state index contributed by atoms with van der Waals surface area (Å²) in [5.41, 5.74) is 8.61. The summed E-state index contributed by atoms with van der Waals surface area (Å²) in [6, 6.07) is 1.83. The van der Waals surface area contributed by atoms with Gasteiger partial charge in [-0.15, -0.1) is 0 Å². The number of nitrogen functional groups attached to an aromatic ring is 2. The van der Waals surface area contributed by atoms with Gasteiger partial charge in [-0.05, 0) is 24.3 Å². The van der Waals surface area contributed by atoms with Crippen LogP contribution in [0.1, 0.15) is 0 Å². The summed E-state index contributed by atoms with van der Waals surface area (Å²) in [5, 5.41) is 18.5. The first-order chi connectivity index (χ1) is 15.3. The Balaban J connectivity index is 2.20. The Morgan fingerprint density at radius 1 is 0.529 bits per heavy atom. The highest BCUT2D eigenvalue weighted by molar-refractivity contribution is 5.56. The van der Waals surface area contributed by atoms with Gasteiger partial charge in [-0.2, -0.15) is 43.9 Å². The molecule has 0 spiro atoms. The van der Waals surface area contributed by atoms with Gasteiger partial charge in [0.1, 0.15) is 23.0 Å². The second-order valence-corrected chi connectivity index (χ2v) is 7.13. The normalized spacial score (nSPS) is 28.8. The molecule has 188 valence electrons. The van der Waals surface area contributed by atoms with Gasteiger partial charge in [0.25, 0.3) is 0 Å². The molecule has 16 heteroatoms. The van der Waals surface area contributed by atoms with E-state index in [1.807, 2.05) is 0 Å². The summed E-state index contributed by atoms with van der Waals surface area (Å²) in [7, 11) is 0. The SMILES string of the molecule is Nc1cc(OC2(F)C(F)(F)C(F)(F)C(F)(Oc3ccc(O)c(N)c3)C(F)(F)C2(F)F)ccc1O. The molecule has 0 heterocycles. The third-order valence-electron chi connectivity index (χ3n) is 4.92. The van der Waals surface area contributed by atoms with Crippen LogP contribution in [0.3, 0.4) is 0 Å². The van der Waals surface area contributed by atoms with Crippen LogP contribution in [-0.2, 0) is 0 Å². The van der Waals surface area contributed by atoms with Crippen LogP contribution in [0.4, 0.5) is 55.3 Å². The minimum absolute atomic E-state index is 0.187. The van der Waals surface area contributed by atoms with Gasteiger partial charge in [-0.3, -0.25) is 0 Å². The smallest absolute Gasteiger partial charge is 0.392 e. The molecular weight excluding hydrogens is 498 g/mol. The number of nitrogens with two attached hydrogens (primary N) is 2. The topological polar surface area (TPSA) is 111 Å². The average molecular weight is 510 g/mol. The summed E-state index contributed by atoms with van der Waals surface area (Å²) >= 11 is 0. The van der Waals surface area contributed by atoms with Crippen molar-refractivity contribution in [1.82, 2.24) is 0 Å². The first-order valence-electron chi connectivity index (χ1n) is 8.71. The highest BCUT2D eigenvalue weighted by Crippen LogP contribution is 2.69. The van der Waals surface area contributed by atoms with Crippen LogP contribution in [0.15, 0.2) is 36.4 Å². The molecule has 34 heavy (non-hydrogen) atoms. The largest absolute Gasteiger partial charge is 0.506 e. The summed E-state index contributed by atoms with van der Waals surface area (Å²) < 4.78 is 153. The van der Waals surface area contributed by atoms with Crippen LogP contribution in [0, 0.1) is 0 Å². The minimum Gasteiger partial charge on any atom is -0.506 e. The molecule has 0 unspecified atom stereocenters. The average Bonchev–Trinajstić information content (AvgIpc) is 2.71. The van der Waals surface area contributed by atoms with Gasteiger partial charge in [-0.1, -0.05) is 0 Å². The second-order valence-electron chi connectivity index (χ2n) is 7.13. The maximum Gasteiger partial charge on any atom is 0.392 e. The van der Waals surface area contributed by atoms with E-state index in [2.05, 4.69) is 9.47 Å². The number of phenols is 2. The summed E-state index contributed by atoms with van der Waals surface area (Å²) in [6.45, 7) is 0. The summed E-state index contributed by atoms with van der Waals surface area (Å²) in [4.78, 5) is 0. The molecule has 0 bridgehead atoms. The van der Waals surface area contributed by atoms with E-state index in [9.17, 15) is 54.1 Å². The van der Waals surface area contributed by atoms with Crippen LogP contribution in [-0.4, -0.2) is 45.6 Å². The molecule has 6 N–H and O–H groups in total. The predicted molar refractivity (Wildman–Crippen MR) is 93.8 cm³/mol. The quantitative estimate of drug-likeness (QED) is 0.272. The number of anilines is 2. The Hall–Kier alpha value is -3.46. The van der Waals surface area contributed by atoms with Gasteiger partial charge >= 0.3 is 35.4 Å². The monoisotopic (exact) mass is 510 g/mol. The van der Waals surface area contributed by atoms with Crippen LogP contribution in [0.25, 0.3) is 0 Å². The fourth-order valence-corrected chi connectivity index (χ4v) is 2.98. The van der Waals surface area contributed by atoms with E-state index in [4.69, 9.17) is 11.5 Å². The number of ether oxygens (including phenoxy) is 2. The van der Waals surface area contributed by atoms with Crippen molar-refractivity contribution in [2.75, 3.05) is 11.5 Å². The number of phenolic OH excluding ortho intramolecular Hbond substituents is 2. The number of rotatable bonds is 4. The number of benzene rings is 2. The third-order valence-corrected chi connectivity index (χ3v) is 4.92. The van der Waals surface area contributed by atoms with Crippen molar-refractivity contribution < 1.29 is 63.6 Å². The lowest BCUT2D eigenvalue weighted by Gasteiger charge is -2.53. The Labute approximate surface area is 182 Å². The molecule has 0 atom stereocenters. The summed E-state index contributed by atoms with van der Waals surface area (Å²) in [5.74, 6) is -45.9. The molecular formula is C18H12F10N2O4. The number of alkyl halides is 10. The van der Waals surface area contributed by atoms with Crippen molar-refractivity contribution in [3.05, 3.63) is 36.4 Å². The van der Waals surface area contributed by atoms with Gasteiger partial charge in [0.05, 0.1) is 11.4 Å². The fraction of sp³-hybridized carbons (Fsp3) is 0.333. The van der Waals surface area contributed by atoms with E-state index in [1.165, 1.54) is 0 Å². The molecule has 2 aromatic rings. The van der Waals surface area contributed by atoms with Crippen molar-refractivity contribution in [1.29, 1.82) is 0 Å². The zero-order chi connectivity index (χ0) is 26.1. The lowest BCUT2D eigenvalue weighted by molar-refractivity contribution is -0.520. The second kappa shape index (κ2) is 7.02.